The molecule has 3 rings (SSSR count). The van der Waals surface area contributed by atoms with Gasteiger partial charge in [-0.25, -0.2) is 13.1 Å². The van der Waals surface area contributed by atoms with Gasteiger partial charge in [-0.05, 0) is 68.4 Å². The summed E-state index contributed by atoms with van der Waals surface area (Å²) in [5.41, 5.74) is 3.06. The molecule has 2 aromatic rings. The molecule has 6 nitrogen and oxygen atoms in total. The minimum absolute atomic E-state index is 0.0797. The zero-order valence-electron chi connectivity index (χ0n) is 17.6. The lowest BCUT2D eigenvalue weighted by molar-refractivity contribution is 0.299. The van der Waals surface area contributed by atoms with Gasteiger partial charge in [-0.15, -0.1) is 0 Å². The lowest BCUT2D eigenvalue weighted by Gasteiger charge is -2.25. The Labute approximate surface area is 173 Å². The molecular weight excluding hydrogens is 388 g/mol. The van der Waals surface area contributed by atoms with Crippen LogP contribution >= 0.6 is 0 Å². The molecule has 0 amide bonds. The molecule has 0 saturated carbocycles. The largest absolute Gasteiger partial charge is 0.493 e. The molecule has 1 atom stereocenters. The molecule has 29 heavy (non-hydrogen) atoms. The number of nitrogens with zero attached hydrogens (tertiary/aromatic N) is 1. The molecule has 0 radical (unpaired) electrons. The van der Waals surface area contributed by atoms with Crippen LogP contribution in [0, 0.1) is 6.92 Å². The summed E-state index contributed by atoms with van der Waals surface area (Å²) in [6.45, 7) is 5.49. The third-order valence-corrected chi connectivity index (χ3v) is 6.53. The second-order valence-electron chi connectivity index (χ2n) is 7.57. The van der Waals surface area contributed by atoms with Crippen molar-refractivity contribution < 1.29 is 17.9 Å². The van der Waals surface area contributed by atoms with Crippen molar-refractivity contribution in [1.29, 1.82) is 0 Å². The number of hydrogen-bond acceptors (Lipinski definition) is 5. The maximum Gasteiger partial charge on any atom is 0.240 e. The third-order valence-electron chi connectivity index (χ3n) is 5.11. The highest BCUT2D eigenvalue weighted by Crippen LogP contribution is 2.30. The lowest BCUT2D eigenvalue weighted by Crippen LogP contribution is -2.34. The number of hydrogen-bond donors (Lipinski definition) is 1. The first kappa shape index (κ1) is 21.6. The van der Waals surface area contributed by atoms with E-state index >= 15 is 0 Å². The minimum Gasteiger partial charge on any atom is -0.493 e. The second-order valence-corrected chi connectivity index (χ2v) is 9.34. The molecule has 0 spiro atoms. The normalized spacial score (nSPS) is 14.5. The molecule has 7 heteroatoms. The summed E-state index contributed by atoms with van der Waals surface area (Å²) in [5.74, 6) is 1.64. The third kappa shape index (κ3) is 5.10. The van der Waals surface area contributed by atoms with Gasteiger partial charge in [-0.2, -0.15) is 0 Å². The van der Waals surface area contributed by atoms with Crippen LogP contribution in [-0.2, 0) is 16.4 Å². The van der Waals surface area contributed by atoms with Crippen LogP contribution in [-0.4, -0.2) is 47.2 Å². The Balaban J connectivity index is 1.74. The number of likely N-dealkylation sites (N-methyl/N-ethyl adjacent to an activating group) is 1. The number of fused-ring (bicyclic) bond motifs is 1. The van der Waals surface area contributed by atoms with Gasteiger partial charge in [-0.1, -0.05) is 19.1 Å². The molecule has 158 valence electrons. The SMILES string of the molecule is CCCOc1ccc(S(=O)(=O)NCC(c2ccc3c(c2)CCO3)N(C)C)cc1C. The Kier molecular flexibility index (Phi) is 6.82. The highest BCUT2D eigenvalue weighted by atomic mass is 32.2. The Morgan fingerprint density at radius 3 is 2.69 bits per heavy atom. The van der Waals surface area contributed by atoms with Gasteiger partial charge in [0.05, 0.1) is 18.1 Å². The van der Waals surface area contributed by atoms with E-state index in [2.05, 4.69) is 10.8 Å². The summed E-state index contributed by atoms with van der Waals surface area (Å²) in [6.07, 6.45) is 1.79. The number of aryl methyl sites for hydroxylation is 1. The molecule has 0 aliphatic carbocycles. The van der Waals surface area contributed by atoms with Crippen molar-refractivity contribution in [1.82, 2.24) is 9.62 Å². The smallest absolute Gasteiger partial charge is 0.240 e. The van der Waals surface area contributed by atoms with Crippen LogP contribution in [0.1, 0.15) is 36.1 Å². The number of benzene rings is 2. The number of rotatable bonds is 9. The molecule has 0 bridgehead atoms. The number of ether oxygens (including phenoxy) is 2. The fraction of sp³-hybridized carbons (Fsp3) is 0.455. The van der Waals surface area contributed by atoms with E-state index in [0.717, 1.165) is 35.5 Å². The predicted molar refractivity (Wildman–Crippen MR) is 114 cm³/mol. The van der Waals surface area contributed by atoms with Crippen molar-refractivity contribution in [2.75, 3.05) is 33.9 Å². The molecule has 0 saturated heterocycles. The van der Waals surface area contributed by atoms with E-state index in [9.17, 15) is 8.42 Å². The first-order valence-electron chi connectivity index (χ1n) is 9.97. The van der Waals surface area contributed by atoms with E-state index in [1.54, 1.807) is 18.2 Å². The Hall–Kier alpha value is -2.09. The van der Waals surface area contributed by atoms with Crippen molar-refractivity contribution in [2.45, 2.75) is 37.6 Å². The monoisotopic (exact) mass is 418 g/mol. The molecule has 2 aromatic carbocycles. The Morgan fingerprint density at radius 1 is 1.21 bits per heavy atom. The van der Waals surface area contributed by atoms with Crippen LogP contribution < -0.4 is 14.2 Å². The summed E-state index contributed by atoms with van der Waals surface area (Å²) >= 11 is 0. The summed E-state index contributed by atoms with van der Waals surface area (Å²) in [4.78, 5) is 2.27. The molecule has 1 N–H and O–H groups in total. The summed E-state index contributed by atoms with van der Waals surface area (Å²) in [7, 11) is 0.277. The maximum atomic E-state index is 12.9. The molecule has 1 aliphatic rings. The fourth-order valence-corrected chi connectivity index (χ4v) is 4.57. The first-order valence-corrected chi connectivity index (χ1v) is 11.5. The van der Waals surface area contributed by atoms with E-state index < -0.39 is 10.0 Å². The van der Waals surface area contributed by atoms with Gasteiger partial charge in [0.15, 0.2) is 0 Å². The molecular formula is C22H30N2O4S. The number of sulfonamides is 1. The average molecular weight is 419 g/mol. The quantitative estimate of drug-likeness (QED) is 0.677. The van der Waals surface area contributed by atoms with Crippen molar-refractivity contribution in [3.63, 3.8) is 0 Å². The average Bonchev–Trinajstić information content (AvgIpc) is 3.14. The van der Waals surface area contributed by atoms with Gasteiger partial charge < -0.3 is 14.4 Å². The highest BCUT2D eigenvalue weighted by molar-refractivity contribution is 7.89. The Morgan fingerprint density at radius 2 is 2.00 bits per heavy atom. The zero-order valence-corrected chi connectivity index (χ0v) is 18.4. The maximum absolute atomic E-state index is 12.9. The lowest BCUT2D eigenvalue weighted by atomic mass is 10.0. The summed E-state index contributed by atoms with van der Waals surface area (Å²) < 4.78 is 39.7. The van der Waals surface area contributed by atoms with Crippen LogP contribution in [0.2, 0.25) is 0 Å². The van der Waals surface area contributed by atoms with Crippen molar-refractivity contribution in [2.24, 2.45) is 0 Å². The van der Waals surface area contributed by atoms with Crippen molar-refractivity contribution in [3.8, 4) is 11.5 Å². The van der Waals surface area contributed by atoms with Gasteiger partial charge in [0, 0.05) is 19.0 Å². The van der Waals surface area contributed by atoms with E-state index in [4.69, 9.17) is 9.47 Å². The summed E-state index contributed by atoms with van der Waals surface area (Å²) in [6, 6.07) is 11.0. The molecule has 1 heterocycles. The fourth-order valence-electron chi connectivity index (χ4n) is 3.45. The molecule has 1 unspecified atom stereocenters. The van der Waals surface area contributed by atoms with Crippen molar-refractivity contribution >= 4 is 10.0 Å². The summed E-state index contributed by atoms with van der Waals surface area (Å²) in [5, 5.41) is 0. The predicted octanol–water partition coefficient (Wildman–Crippen LogP) is 3.30. The van der Waals surface area contributed by atoms with Crippen LogP contribution in [0.15, 0.2) is 41.3 Å². The van der Waals surface area contributed by atoms with Gasteiger partial charge >= 0.3 is 0 Å². The Bertz CT molecular complexity index is 957. The van der Waals surface area contributed by atoms with Crippen LogP contribution in [0.5, 0.6) is 11.5 Å². The van der Waals surface area contributed by atoms with Gasteiger partial charge in [0.1, 0.15) is 11.5 Å². The van der Waals surface area contributed by atoms with Crippen LogP contribution in [0.3, 0.4) is 0 Å². The molecule has 0 aromatic heterocycles. The molecule has 1 aliphatic heterocycles. The zero-order chi connectivity index (χ0) is 21.0. The van der Waals surface area contributed by atoms with Gasteiger partial charge in [0.25, 0.3) is 0 Å². The molecule has 0 fully saturated rings. The van der Waals surface area contributed by atoms with E-state index in [0.29, 0.717) is 13.2 Å². The minimum atomic E-state index is -3.63. The van der Waals surface area contributed by atoms with E-state index in [-0.39, 0.29) is 17.5 Å². The van der Waals surface area contributed by atoms with Gasteiger partial charge in [-0.3, -0.25) is 0 Å². The first-order chi connectivity index (χ1) is 13.8. The second kappa shape index (κ2) is 9.15. The van der Waals surface area contributed by atoms with Crippen molar-refractivity contribution in [3.05, 3.63) is 53.1 Å². The van der Waals surface area contributed by atoms with E-state index in [1.807, 2.05) is 45.0 Å². The standard InChI is InChI=1S/C22H30N2O4S/c1-5-11-27-21-9-7-19(13-16(21)2)29(25,26)23-15-20(24(3)4)17-6-8-22-18(14-17)10-12-28-22/h6-9,13-14,20,23H,5,10-12,15H2,1-4H3. The topological polar surface area (TPSA) is 67.9 Å². The van der Waals surface area contributed by atoms with Gasteiger partial charge in [0.2, 0.25) is 10.0 Å². The van der Waals surface area contributed by atoms with Crippen LogP contribution in [0.4, 0.5) is 0 Å². The van der Waals surface area contributed by atoms with E-state index in [1.165, 1.54) is 5.56 Å². The highest BCUT2D eigenvalue weighted by Gasteiger charge is 2.22. The van der Waals surface area contributed by atoms with Crippen LogP contribution in [0.25, 0.3) is 0 Å². The number of nitrogens with one attached hydrogen (secondary N) is 1.